The van der Waals surface area contributed by atoms with E-state index in [4.69, 9.17) is 4.98 Å². The molecule has 1 aliphatic rings. The SMILES string of the molecule is Cc1cc2nc(C3(C(C)C)CCNC3)[nH]c2cc1C. The van der Waals surface area contributed by atoms with Crippen molar-refractivity contribution in [1.29, 1.82) is 0 Å². The second-order valence-electron chi connectivity index (χ2n) is 6.28. The predicted octanol–water partition coefficient (Wildman–Crippen LogP) is 3.07. The van der Waals surface area contributed by atoms with E-state index in [2.05, 4.69) is 50.1 Å². The molecule has 0 aliphatic carbocycles. The molecule has 3 nitrogen and oxygen atoms in total. The number of hydrogen-bond donors (Lipinski definition) is 2. The third-order valence-corrected chi connectivity index (χ3v) is 4.86. The molecule has 1 aromatic carbocycles. The van der Waals surface area contributed by atoms with Crippen molar-refractivity contribution in [3.63, 3.8) is 0 Å². The second kappa shape index (κ2) is 4.34. The zero-order valence-electron chi connectivity index (χ0n) is 12.3. The van der Waals surface area contributed by atoms with Crippen LogP contribution in [0.5, 0.6) is 0 Å². The summed E-state index contributed by atoms with van der Waals surface area (Å²) in [6.45, 7) is 11.0. The Morgan fingerprint density at radius 2 is 1.95 bits per heavy atom. The molecule has 1 atom stereocenters. The Bertz CT molecular complexity index is 565. The van der Waals surface area contributed by atoms with Gasteiger partial charge in [0.1, 0.15) is 5.82 Å². The van der Waals surface area contributed by atoms with Gasteiger partial charge in [0.2, 0.25) is 0 Å². The van der Waals surface area contributed by atoms with Crippen molar-refractivity contribution in [3.8, 4) is 0 Å². The Morgan fingerprint density at radius 1 is 1.21 bits per heavy atom. The normalized spacial score (nSPS) is 23.6. The molecule has 0 spiro atoms. The van der Waals surface area contributed by atoms with Crippen LogP contribution in [0, 0.1) is 19.8 Å². The molecular weight excluding hydrogens is 234 g/mol. The van der Waals surface area contributed by atoms with Gasteiger partial charge in [-0.2, -0.15) is 0 Å². The van der Waals surface area contributed by atoms with E-state index >= 15 is 0 Å². The first kappa shape index (κ1) is 12.7. The van der Waals surface area contributed by atoms with E-state index in [0.717, 1.165) is 24.4 Å². The fourth-order valence-corrected chi connectivity index (χ4v) is 3.18. The minimum Gasteiger partial charge on any atom is -0.341 e. The first-order valence-electron chi connectivity index (χ1n) is 7.21. The Kier molecular flexibility index (Phi) is 2.90. The summed E-state index contributed by atoms with van der Waals surface area (Å²) in [5.41, 5.74) is 5.08. The number of hydrogen-bond acceptors (Lipinski definition) is 2. The molecule has 0 saturated carbocycles. The number of H-pyrrole nitrogens is 1. The fraction of sp³-hybridized carbons (Fsp3) is 0.562. The zero-order valence-corrected chi connectivity index (χ0v) is 12.3. The van der Waals surface area contributed by atoms with E-state index in [-0.39, 0.29) is 5.41 Å². The van der Waals surface area contributed by atoms with Gasteiger partial charge in [0.15, 0.2) is 0 Å². The summed E-state index contributed by atoms with van der Waals surface area (Å²) in [4.78, 5) is 8.47. The summed E-state index contributed by atoms with van der Waals surface area (Å²) in [6, 6.07) is 4.42. The fourth-order valence-electron chi connectivity index (χ4n) is 3.18. The number of fused-ring (bicyclic) bond motifs is 1. The van der Waals surface area contributed by atoms with Crippen molar-refractivity contribution >= 4 is 11.0 Å². The van der Waals surface area contributed by atoms with Crippen molar-refractivity contribution in [2.45, 2.75) is 39.5 Å². The number of rotatable bonds is 2. The Morgan fingerprint density at radius 3 is 2.58 bits per heavy atom. The Hall–Kier alpha value is -1.35. The molecule has 0 bridgehead atoms. The van der Waals surface area contributed by atoms with Crippen molar-refractivity contribution < 1.29 is 0 Å². The second-order valence-corrected chi connectivity index (χ2v) is 6.28. The monoisotopic (exact) mass is 257 g/mol. The van der Waals surface area contributed by atoms with Gasteiger partial charge < -0.3 is 10.3 Å². The Labute approximate surface area is 114 Å². The van der Waals surface area contributed by atoms with Crippen molar-refractivity contribution in [1.82, 2.24) is 15.3 Å². The van der Waals surface area contributed by atoms with Crippen molar-refractivity contribution in [2.24, 2.45) is 5.92 Å². The molecule has 0 radical (unpaired) electrons. The summed E-state index contributed by atoms with van der Waals surface area (Å²) in [5.74, 6) is 1.75. The summed E-state index contributed by atoms with van der Waals surface area (Å²) < 4.78 is 0. The standard InChI is InChI=1S/C16H23N3/c1-10(2)16(5-6-17-9-16)15-18-13-7-11(3)12(4)8-14(13)19-15/h7-8,10,17H,5-6,9H2,1-4H3,(H,18,19). The molecule has 3 rings (SSSR count). The highest BCUT2D eigenvalue weighted by molar-refractivity contribution is 5.77. The lowest BCUT2D eigenvalue weighted by Crippen LogP contribution is -2.35. The highest BCUT2D eigenvalue weighted by Gasteiger charge is 2.41. The minimum atomic E-state index is 0.167. The van der Waals surface area contributed by atoms with Crippen LogP contribution < -0.4 is 5.32 Å². The highest BCUT2D eigenvalue weighted by Crippen LogP contribution is 2.37. The van der Waals surface area contributed by atoms with E-state index in [0.29, 0.717) is 5.92 Å². The molecule has 19 heavy (non-hydrogen) atoms. The van der Waals surface area contributed by atoms with Crippen LogP contribution >= 0.6 is 0 Å². The predicted molar refractivity (Wildman–Crippen MR) is 79.6 cm³/mol. The van der Waals surface area contributed by atoms with E-state index < -0.39 is 0 Å². The molecule has 1 aliphatic heterocycles. The Balaban J connectivity index is 2.14. The van der Waals surface area contributed by atoms with Crippen LogP contribution in [-0.4, -0.2) is 23.1 Å². The van der Waals surface area contributed by atoms with Gasteiger partial charge in [0.05, 0.1) is 11.0 Å². The smallest absolute Gasteiger partial charge is 0.115 e. The van der Waals surface area contributed by atoms with Gasteiger partial charge >= 0.3 is 0 Å². The first-order chi connectivity index (χ1) is 9.03. The van der Waals surface area contributed by atoms with Crippen molar-refractivity contribution in [3.05, 3.63) is 29.1 Å². The molecule has 2 heterocycles. The number of aryl methyl sites for hydroxylation is 2. The average Bonchev–Trinajstić information content (AvgIpc) is 2.96. The topological polar surface area (TPSA) is 40.7 Å². The zero-order chi connectivity index (χ0) is 13.6. The lowest BCUT2D eigenvalue weighted by atomic mass is 9.76. The maximum Gasteiger partial charge on any atom is 0.115 e. The van der Waals surface area contributed by atoms with E-state index in [1.54, 1.807) is 0 Å². The number of nitrogens with zero attached hydrogens (tertiary/aromatic N) is 1. The number of aromatic amines is 1. The molecule has 1 aromatic heterocycles. The molecule has 2 N–H and O–H groups in total. The van der Waals surface area contributed by atoms with Gasteiger partial charge in [0.25, 0.3) is 0 Å². The van der Waals surface area contributed by atoms with E-state index in [1.165, 1.54) is 23.1 Å². The lowest BCUT2D eigenvalue weighted by Gasteiger charge is -2.30. The van der Waals surface area contributed by atoms with Crippen molar-refractivity contribution in [2.75, 3.05) is 13.1 Å². The minimum absolute atomic E-state index is 0.167. The lowest BCUT2D eigenvalue weighted by molar-refractivity contribution is 0.321. The number of benzene rings is 1. The van der Waals surface area contributed by atoms with E-state index in [1.807, 2.05) is 0 Å². The molecule has 1 saturated heterocycles. The number of aromatic nitrogens is 2. The molecule has 3 heteroatoms. The van der Waals surface area contributed by atoms with Gasteiger partial charge in [-0.25, -0.2) is 4.98 Å². The number of imidazole rings is 1. The first-order valence-corrected chi connectivity index (χ1v) is 7.21. The van der Waals surface area contributed by atoms with Crippen LogP contribution in [0.2, 0.25) is 0 Å². The summed E-state index contributed by atoms with van der Waals surface area (Å²) in [6.07, 6.45) is 1.17. The molecule has 1 unspecified atom stereocenters. The van der Waals surface area contributed by atoms with Crippen LogP contribution in [-0.2, 0) is 5.41 Å². The van der Waals surface area contributed by atoms with E-state index in [9.17, 15) is 0 Å². The molecule has 0 amide bonds. The van der Waals surface area contributed by atoms with Gasteiger partial charge in [-0.05, 0) is 56.0 Å². The number of nitrogens with one attached hydrogen (secondary N) is 2. The maximum absolute atomic E-state index is 4.89. The van der Waals surface area contributed by atoms with Crippen LogP contribution in [0.3, 0.4) is 0 Å². The van der Waals surface area contributed by atoms with Crippen LogP contribution in [0.15, 0.2) is 12.1 Å². The van der Waals surface area contributed by atoms with Crippen LogP contribution in [0.25, 0.3) is 11.0 Å². The summed E-state index contributed by atoms with van der Waals surface area (Å²) in [5, 5.41) is 3.50. The van der Waals surface area contributed by atoms with Gasteiger partial charge in [-0.15, -0.1) is 0 Å². The average molecular weight is 257 g/mol. The summed E-state index contributed by atoms with van der Waals surface area (Å²) in [7, 11) is 0. The summed E-state index contributed by atoms with van der Waals surface area (Å²) >= 11 is 0. The maximum atomic E-state index is 4.89. The van der Waals surface area contributed by atoms with Gasteiger partial charge in [0, 0.05) is 12.0 Å². The van der Waals surface area contributed by atoms with Crippen LogP contribution in [0.4, 0.5) is 0 Å². The van der Waals surface area contributed by atoms with Crippen LogP contribution in [0.1, 0.15) is 37.2 Å². The van der Waals surface area contributed by atoms with Gasteiger partial charge in [-0.1, -0.05) is 13.8 Å². The molecule has 102 valence electrons. The third-order valence-electron chi connectivity index (χ3n) is 4.86. The largest absolute Gasteiger partial charge is 0.341 e. The molecular formula is C16H23N3. The molecule has 1 fully saturated rings. The van der Waals surface area contributed by atoms with Gasteiger partial charge in [-0.3, -0.25) is 0 Å². The molecule has 2 aromatic rings. The third kappa shape index (κ3) is 1.88. The quantitative estimate of drug-likeness (QED) is 0.868. The highest BCUT2D eigenvalue weighted by atomic mass is 15.0.